The predicted molar refractivity (Wildman–Crippen MR) is 203 cm³/mol. The molecule has 0 saturated carbocycles. The lowest BCUT2D eigenvalue weighted by Gasteiger charge is -2.19. The fourth-order valence-corrected chi connectivity index (χ4v) is 7.57. The second-order valence-electron chi connectivity index (χ2n) is 12.5. The number of aryl methyl sites for hydroxylation is 1. The first-order valence-corrected chi connectivity index (χ1v) is 16.4. The lowest BCUT2D eigenvalue weighted by Crippen LogP contribution is -1.92. The van der Waals surface area contributed by atoms with Crippen molar-refractivity contribution in [1.82, 2.24) is 0 Å². The molecule has 0 saturated heterocycles. The van der Waals surface area contributed by atoms with Crippen LogP contribution in [-0.2, 0) is 0 Å². The van der Waals surface area contributed by atoms with Crippen molar-refractivity contribution in [2.75, 3.05) is 0 Å². The van der Waals surface area contributed by atoms with Crippen molar-refractivity contribution in [2.24, 2.45) is 0 Å². The van der Waals surface area contributed by atoms with E-state index >= 15 is 0 Å². The van der Waals surface area contributed by atoms with Gasteiger partial charge in [-0.15, -0.1) is 0 Å². The summed E-state index contributed by atoms with van der Waals surface area (Å²) in [5, 5.41) is 10.1. The normalized spacial score (nSPS) is 11.5. The van der Waals surface area contributed by atoms with Crippen molar-refractivity contribution in [3.63, 3.8) is 0 Å². The summed E-state index contributed by atoms with van der Waals surface area (Å²) in [6.45, 7) is 2.22. The molecule has 0 N–H and O–H groups in total. The van der Waals surface area contributed by atoms with Crippen LogP contribution in [0.15, 0.2) is 176 Å². The topological polar surface area (TPSA) is 0 Å². The molecule has 9 aromatic rings. The van der Waals surface area contributed by atoms with Gasteiger partial charge in [-0.3, -0.25) is 0 Å². The summed E-state index contributed by atoms with van der Waals surface area (Å²) in [6.07, 6.45) is 0. The van der Waals surface area contributed by atoms with Crippen molar-refractivity contribution in [1.29, 1.82) is 0 Å². The fraction of sp³-hybridized carbons (Fsp3) is 0.0213. The standard InChI is InChI=1S/C47H32/c1-31-13-2-5-17-37(31)47-43-22-10-8-20-41(43)46(42-21-9-11-23-44(42)47)36-28-26-33-16-12-24-40(45(33)30-36)39-19-7-6-18-38(39)35-27-25-32-14-3-4-15-34(32)29-35/h2-30H,1H3. The van der Waals surface area contributed by atoms with Gasteiger partial charge in [0.25, 0.3) is 0 Å². The Kier molecular flexibility index (Phi) is 6.47. The zero-order chi connectivity index (χ0) is 31.3. The summed E-state index contributed by atoms with van der Waals surface area (Å²) in [4.78, 5) is 0. The van der Waals surface area contributed by atoms with Crippen LogP contribution in [0.2, 0.25) is 0 Å². The van der Waals surface area contributed by atoms with Crippen LogP contribution in [0.3, 0.4) is 0 Å². The molecule has 9 aromatic carbocycles. The Morgan fingerprint density at radius 3 is 1.51 bits per heavy atom. The Balaban J connectivity index is 1.30. The van der Waals surface area contributed by atoms with Gasteiger partial charge in [0.1, 0.15) is 0 Å². The van der Waals surface area contributed by atoms with E-state index in [2.05, 4.69) is 183 Å². The van der Waals surface area contributed by atoms with E-state index in [0.717, 1.165) is 0 Å². The summed E-state index contributed by atoms with van der Waals surface area (Å²) in [5.41, 5.74) is 11.4. The lowest BCUT2D eigenvalue weighted by atomic mass is 9.84. The first-order valence-electron chi connectivity index (χ1n) is 16.4. The summed E-state index contributed by atoms with van der Waals surface area (Å²) in [6, 6.07) is 64.6. The van der Waals surface area contributed by atoms with E-state index in [1.807, 2.05) is 0 Å². The van der Waals surface area contributed by atoms with Crippen LogP contribution >= 0.6 is 0 Å². The molecular formula is C47H32. The third kappa shape index (κ3) is 4.53. The average Bonchev–Trinajstić information content (AvgIpc) is 3.13. The highest BCUT2D eigenvalue weighted by Gasteiger charge is 2.18. The number of fused-ring (bicyclic) bond motifs is 4. The molecule has 0 aliphatic heterocycles. The monoisotopic (exact) mass is 596 g/mol. The molecule has 9 rings (SSSR count). The van der Waals surface area contributed by atoms with Crippen LogP contribution in [0.5, 0.6) is 0 Å². The zero-order valence-corrected chi connectivity index (χ0v) is 26.2. The van der Waals surface area contributed by atoms with Gasteiger partial charge in [0.05, 0.1) is 0 Å². The van der Waals surface area contributed by atoms with E-state index < -0.39 is 0 Å². The Labute approximate surface area is 275 Å². The molecule has 0 radical (unpaired) electrons. The highest BCUT2D eigenvalue weighted by atomic mass is 14.2. The van der Waals surface area contributed by atoms with Gasteiger partial charge in [-0.25, -0.2) is 0 Å². The fourth-order valence-electron chi connectivity index (χ4n) is 7.57. The molecule has 0 atom stereocenters. The Hall–Kier alpha value is -5.98. The van der Waals surface area contributed by atoms with Crippen LogP contribution < -0.4 is 0 Å². The first kappa shape index (κ1) is 27.3. The van der Waals surface area contributed by atoms with E-state index in [1.165, 1.54) is 93.2 Å². The van der Waals surface area contributed by atoms with Gasteiger partial charge >= 0.3 is 0 Å². The molecule has 0 heterocycles. The van der Waals surface area contributed by atoms with Gasteiger partial charge < -0.3 is 0 Å². The third-order valence-corrected chi connectivity index (χ3v) is 9.79. The molecule has 0 nitrogen and oxygen atoms in total. The quantitative estimate of drug-likeness (QED) is 0.177. The number of hydrogen-bond acceptors (Lipinski definition) is 0. The van der Waals surface area contributed by atoms with E-state index in [1.54, 1.807) is 0 Å². The zero-order valence-electron chi connectivity index (χ0n) is 26.2. The summed E-state index contributed by atoms with van der Waals surface area (Å²) >= 11 is 0. The van der Waals surface area contributed by atoms with Crippen LogP contribution in [-0.4, -0.2) is 0 Å². The highest BCUT2D eigenvalue weighted by molar-refractivity contribution is 6.22. The first-order chi connectivity index (χ1) is 23.2. The van der Waals surface area contributed by atoms with Crippen LogP contribution in [0, 0.1) is 6.92 Å². The van der Waals surface area contributed by atoms with E-state index in [0.29, 0.717) is 0 Å². The Morgan fingerprint density at radius 2 is 0.787 bits per heavy atom. The minimum atomic E-state index is 1.23. The average molecular weight is 597 g/mol. The second kappa shape index (κ2) is 11.1. The van der Waals surface area contributed by atoms with E-state index in [9.17, 15) is 0 Å². The summed E-state index contributed by atoms with van der Waals surface area (Å²) in [5.74, 6) is 0. The molecule has 0 heteroatoms. The lowest BCUT2D eigenvalue weighted by molar-refractivity contribution is 1.47. The van der Waals surface area contributed by atoms with Gasteiger partial charge in [0.15, 0.2) is 0 Å². The minimum Gasteiger partial charge on any atom is -0.0620 e. The van der Waals surface area contributed by atoms with Gasteiger partial charge in [-0.05, 0) is 112 Å². The predicted octanol–water partition coefficient (Wildman–Crippen LogP) is 13.3. The molecule has 0 spiro atoms. The van der Waals surface area contributed by atoms with E-state index in [4.69, 9.17) is 0 Å². The van der Waals surface area contributed by atoms with Gasteiger partial charge in [0.2, 0.25) is 0 Å². The second-order valence-corrected chi connectivity index (χ2v) is 12.5. The van der Waals surface area contributed by atoms with Crippen LogP contribution in [0.4, 0.5) is 0 Å². The Morgan fingerprint density at radius 1 is 0.277 bits per heavy atom. The smallest absolute Gasteiger partial charge is 0.00237 e. The molecule has 0 unspecified atom stereocenters. The molecule has 0 aromatic heterocycles. The molecule has 0 fully saturated rings. The largest absolute Gasteiger partial charge is 0.0620 e. The van der Waals surface area contributed by atoms with Crippen molar-refractivity contribution >= 4 is 43.1 Å². The van der Waals surface area contributed by atoms with Gasteiger partial charge in [-0.1, -0.05) is 164 Å². The molecule has 0 amide bonds. The Bertz CT molecular complexity index is 2580. The number of benzene rings is 9. The molecule has 220 valence electrons. The van der Waals surface area contributed by atoms with Crippen molar-refractivity contribution in [2.45, 2.75) is 6.92 Å². The van der Waals surface area contributed by atoms with E-state index in [-0.39, 0.29) is 0 Å². The molecular weight excluding hydrogens is 565 g/mol. The number of rotatable bonds is 4. The summed E-state index contributed by atoms with van der Waals surface area (Å²) in [7, 11) is 0. The van der Waals surface area contributed by atoms with Crippen molar-refractivity contribution in [3.05, 3.63) is 181 Å². The molecule has 0 bridgehead atoms. The van der Waals surface area contributed by atoms with Crippen LogP contribution in [0.1, 0.15) is 5.56 Å². The highest BCUT2D eigenvalue weighted by Crippen LogP contribution is 2.45. The van der Waals surface area contributed by atoms with Crippen LogP contribution in [0.25, 0.3) is 87.6 Å². The maximum atomic E-state index is 2.42. The van der Waals surface area contributed by atoms with Gasteiger partial charge in [0, 0.05) is 0 Å². The number of hydrogen-bond donors (Lipinski definition) is 0. The maximum Gasteiger partial charge on any atom is -0.00237 e. The maximum absolute atomic E-state index is 2.42. The SMILES string of the molecule is Cc1ccccc1-c1c2ccccc2c(-c2ccc3cccc(-c4ccccc4-c4ccc5ccccc5c4)c3c2)c2ccccc12. The third-order valence-electron chi connectivity index (χ3n) is 9.79. The van der Waals surface area contributed by atoms with Gasteiger partial charge in [-0.2, -0.15) is 0 Å². The minimum absolute atomic E-state index is 1.23. The van der Waals surface area contributed by atoms with Crippen molar-refractivity contribution in [3.8, 4) is 44.5 Å². The summed E-state index contributed by atoms with van der Waals surface area (Å²) < 4.78 is 0. The van der Waals surface area contributed by atoms with Crippen molar-refractivity contribution < 1.29 is 0 Å². The molecule has 0 aliphatic rings. The molecule has 47 heavy (non-hydrogen) atoms. The molecule has 0 aliphatic carbocycles.